The molecule has 1 unspecified atom stereocenters. The van der Waals surface area contributed by atoms with Crippen LogP contribution in [0, 0.1) is 0 Å². The number of hydrogen-bond donors (Lipinski definition) is 2. The average molecular weight is 166 g/mol. The molecule has 0 radical (unpaired) electrons. The first-order valence-electron chi connectivity index (χ1n) is 4.15. The van der Waals surface area contributed by atoms with Gasteiger partial charge < -0.3 is 10.2 Å². The Morgan fingerprint density at radius 1 is 1.42 bits per heavy atom. The van der Waals surface area contributed by atoms with Crippen molar-refractivity contribution in [2.45, 2.75) is 26.4 Å². The van der Waals surface area contributed by atoms with E-state index in [0.717, 1.165) is 17.5 Å². The molecule has 1 rings (SSSR count). The molecule has 1 aromatic carbocycles. The van der Waals surface area contributed by atoms with E-state index < -0.39 is 6.10 Å². The Labute approximate surface area is 72.5 Å². The molecule has 1 atom stereocenters. The molecule has 0 saturated carbocycles. The molecule has 0 bridgehead atoms. The fourth-order valence-electron chi connectivity index (χ4n) is 1.31. The monoisotopic (exact) mass is 166 g/mol. The first-order valence-corrected chi connectivity index (χ1v) is 4.15. The lowest BCUT2D eigenvalue weighted by Gasteiger charge is -2.10. The Hall–Kier alpha value is -1.02. The number of rotatable bonds is 2. The summed E-state index contributed by atoms with van der Waals surface area (Å²) in [5, 5.41) is 18.5. The molecule has 12 heavy (non-hydrogen) atoms. The lowest BCUT2D eigenvalue weighted by Crippen LogP contribution is -1.96. The molecule has 1 aromatic rings. The van der Waals surface area contributed by atoms with E-state index in [2.05, 4.69) is 0 Å². The van der Waals surface area contributed by atoms with Gasteiger partial charge in [0.05, 0.1) is 6.10 Å². The summed E-state index contributed by atoms with van der Waals surface area (Å²) >= 11 is 0. The van der Waals surface area contributed by atoms with Gasteiger partial charge in [-0.05, 0) is 36.6 Å². The van der Waals surface area contributed by atoms with E-state index in [-0.39, 0.29) is 5.75 Å². The zero-order chi connectivity index (χ0) is 9.14. The third-order valence-corrected chi connectivity index (χ3v) is 1.96. The Morgan fingerprint density at radius 3 is 2.58 bits per heavy atom. The van der Waals surface area contributed by atoms with Crippen LogP contribution in [0.25, 0.3) is 0 Å². The van der Waals surface area contributed by atoms with Crippen LogP contribution in [0.1, 0.15) is 31.1 Å². The van der Waals surface area contributed by atoms with Gasteiger partial charge in [-0.2, -0.15) is 0 Å². The van der Waals surface area contributed by atoms with Crippen molar-refractivity contribution < 1.29 is 10.2 Å². The summed E-state index contributed by atoms with van der Waals surface area (Å²) < 4.78 is 0. The van der Waals surface area contributed by atoms with Crippen LogP contribution in [-0.2, 0) is 6.42 Å². The molecular weight excluding hydrogens is 152 g/mol. The normalized spacial score (nSPS) is 12.9. The van der Waals surface area contributed by atoms with E-state index in [0.29, 0.717) is 0 Å². The number of aliphatic hydroxyl groups excluding tert-OH is 1. The van der Waals surface area contributed by atoms with Crippen LogP contribution in [0.5, 0.6) is 5.75 Å². The third-order valence-electron chi connectivity index (χ3n) is 1.96. The fourth-order valence-corrected chi connectivity index (χ4v) is 1.31. The highest BCUT2D eigenvalue weighted by molar-refractivity contribution is 5.35. The zero-order valence-electron chi connectivity index (χ0n) is 7.41. The van der Waals surface area contributed by atoms with Crippen molar-refractivity contribution in [3.63, 3.8) is 0 Å². The number of phenols is 1. The molecule has 0 heterocycles. The summed E-state index contributed by atoms with van der Waals surface area (Å²) in [7, 11) is 0. The van der Waals surface area contributed by atoms with E-state index in [1.54, 1.807) is 25.1 Å². The molecule has 0 aliphatic rings. The second-order valence-electron chi connectivity index (χ2n) is 2.91. The van der Waals surface area contributed by atoms with Crippen LogP contribution in [-0.4, -0.2) is 10.2 Å². The molecule has 0 spiro atoms. The van der Waals surface area contributed by atoms with Crippen LogP contribution < -0.4 is 0 Å². The van der Waals surface area contributed by atoms with Gasteiger partial charge in [0.15, 0.2) is 0 Å². The lowest BCUT2D eigenvalue weighted by atomic mass is 10.0. The quantitative estimate of drug-likeness (QED) is 0.705. The van der Waals surface area contributed by atoms with Gasteiger partial charge in [-0.15, -0.1) is 0 Å². The summed E-state index contributed by atoms with van der Waals surface area (Å²) in [5.41, 5.74) is 1.90. The van der Waals surface area contributed by atoms with Gasteiger partial charge in [-0.25, -0.2) is 0 Å². The van der Waals surface area contributed by atoms with Crippen molar-refractivity contribution in [2.24, 2.45) is 0 Å². The highest BCUT2D eigenvalue weighted by Crippen LogP contribution is 2.22. The number of aromatic hydroxyl groups is 1. The van der Waals surface area contributed by atoms with Crippen molar-refractivity contribution in [1.29, 1.82) is 0 Å². The molecule has 0 aromatic heterocycles. The van der Waals surface area contributed by atoms with Crippen molar-refractivity contribution in [3.05, 3.63) is 29.3 Å². The molecular formula is C10H14O2. The minimum Gasteiger partial charge on any atom is -0.508 e. The van der Waals surface area contributed by atoms with Crippen LogP contribution in [0.4, 0.5) is 0 Å². The van der Waals surface area contributed by atoms with Gasteiger partial charge in [0.1, 0.15) is 5.75 Å². The molecule has 0 aliphatic carbocycles. The SMILES string of the molecule is CCc1cc(O)ccc1C(C)O. The molecule has 66 valence electrons. The molecule has 0 amide bonds. The largest absolute Gasteiger partial charge is 0.508 e. The van der Waals surface area contributed by atoms with Gasteiger partial charge in [0.2, 0.25) is 0 Å². The molecule has 0 saturated heterocycles. The predicted octanol–water partition coefficient (Wildman–Crippen LogP) is 2.01. The topological polar surface area (TPSA) is 40.5 Å². The predicted molar refractivity (Wildman–Crippen MR) is 48.1 cm³/mol. The van der Waals surface area contributed by atoms with E-state index in [1.807, 2.05) is 6.92 Å². The van der Waals surface area contributed by atoms with Gasteiger partial charge in [-0.1, -0.05) is 13.0 Å². The Balaban J connectivity index is 3.11. The van der Waals surface area contributed by atoms with Gasteiger partial charge in [0, 0.05) is 0 Å². The third kappa shape index (κ3) is 1.77. The number of aryl methyl sites for hydroxylation is 1. The van der Waals surface area contributed by atoms with E-state index in [1.165, 1.54) is 0 Å². The number of aliphatic hydroxyl groups is 1. The molecule has 2 N–H and O–H groups in total. The van der Waals surface area contributed by atoms with E-state index >= 15 is 0 Å². The van der Waals surface area contributed by atoms with Crippen LogP contribution in [0.2, 0.25) is 0 Å². The zero-order valence-corrected chi connectivity index (χ0v) is 7.41. The first-order chi connectivity index (χ1) is 5.65. The summed E-state index contributed by atoms with van der Waals surface area (Å²) in [6.07, 6.45) is 0.370. The second-order valence-corrected chi connectivity index (χ2v) is 2.91. The maximum Gasteiger partial charge on any atom is 0.115 e. The average Bonchev–Trinajstić information content (AvgIpc) is 2.03. The van der Waals surface area contributed by atoms with Crippen molar-refractivity contribution in [2.75, 3.05) is 0 Å². The van der Waals surface area contributed by atoms with E-state index in [9.17, 15) is 5.11 Å². The first kappa shape index (κ1) is 9.07. The van der Waals surface area contributed by atoms with Gasteiger partial charge >= 0.3 is 0 Å². The number of phenolic OH excluding ortho intramolecular Hbond substituents is 1. The fraction of sp³-hybridized carbons (Fsp3) is 0.400. The Morgan fingerprint density at radius 2 is 2.08 bits per heavy atom. The van der Waals surface area contributed by atoms with Gasteiger partial charge in [-0.3, -0.25) is 0 Å². The maximum atomic E-state index is 9.34. The van der Waals surface area contributed by atoms with Crippen LogP contribution >= 0.6 is 0 Å². The standard InChI is InChI=1S/C10H14O2/c1-3-8-6-9(12)4-5-10(8)7(2)11/h4-7,11-12H,3H2,1-2H3. The number of benzene rings is 1. The lowest BCUT2D eigenvalue weighted by molar-refractivity contribution is 0.198. The van der Waals surface area contributed by atoms with Crippen LogP contribution in [0.15, 0.2) is 18.2 Å². The maximum absolute atomic E-state index is 9.34. The van der Waals surface area contributed by atoms with Crippen molar-refractivity contribution >= 4 is 0 Å². The molecule has 2 heteroatoms. The summed E-state index contributed by atoms with van der Waals surface area (Å²) in [4.78, 5) is 0. The van der Waals surface area contributed by atoms with Crippen LogP contribution in [0.3, 0.4) is 0 Å². The van der Waals surface area contributed by atoms with Crippen molar-refractivity contribution in [3.8, 4) is 5.75 Å². The van der Waals surface area contributed by atoms with Crippen molar-refractivity contribution in [1.82, 2.24) is 0 Å². The van der Waals surface area contributed by atoms with E-state index in [4.69, 9.17) is 5.11 Å². The highest BCUT2D eigenvalue weighted by atomic mass is 16.3. The Kier molecular flexibility index (Phi) is 2.71. The molecule has 2 nitrogen and oxygen atoms in total. The minimum absolute atomic E-state index is 0.260. The molecule has 0 aliphatic heterocycles. The summed E-state index contributed by atoms with van der Waals surface area (Å²) in [6, 6.07) is 5.06. The summed E-state index contributed by atoms with van der Waals surface area (Å²) in [6.45, 7) is 3.73. The second kappa shape index (κ2) is 3.59. The smallest absolute Gasteiger partial charge is 0.115 e. The molecule has 0 fully saturated rings. The minimum atomic E-state index is -0.458. The highest BCUT2D eigenvalue weighted by Gasteiger charge is 2.06. The summed E-state index contributed by atoms with van der Waals surface area (Å²) in [5.74, 6) is 0.260. The van der Waals surface area contributed by atoms with Gasteiger partial charge in [0.25, 0.3) is 0 Å². The number of hydrogen-bond acceptors (Lipinski definition) is 2. The Bertz CT molecular complexity index is 267.